The lowest BCUT2D eigenvalue weighted by molar-refractivity contribution is -0.304. The molecule has 0 aromatic heterocycles. The quantitative estimate of drug-likeness (QED) is 0.133. The number of hydrogen-bond acceptors (Lipinski definition) is 15. The van der Waals surface area contributed by atoms with Crippen molar-refractivity contribution in [2.24, 2.45) is 11.8 Å². The third-order valence-corrected chi connectivity index (χ3v) is 9.30. The van der Waals surface area contributed by atoms with Crippen LogP contribution in [0.4, 0.5) is 0 Å². The summed E-state index contributed by atoms with van der Waals surface area (Å²) in [6.07, 6.45) is -7.55. The van der Waals surface area contributed by atoms with Crippen LogP contribution in [0.1, 0.15) is 33.0 Å². The lowest BCUT2D eigenvalue weighted by Crippen LogP contribution is -2.59. The Bertz CT molecular complexity index is 1640. The Labute approximate surface area is 287 Å². The van der Waals surface area contributed by atoms with Crippen molar-refractivity contribution in [3.63, 3.8) is 0 Å². The Morgan fingerprint density at radius 1 is 0.780 bits per heavy atom. The lowest BCUT2D eigenvalue weighted by atomic mass is 9.67. The predicted octanol–water partition coefficient (Wildman–Crippen LogP) is 1.43. The number of carbonyl (C=O) groups excluding carboxylic acids is 1. The van der Waals surface area contributed by atoms with Crippen molar-refractivity contribution in [3.8, 4) is 40.2 Å². The highest BCUT2D eigenvalue weighted by Gasteiger charge is 2.46. The molecule has 0 bridgehead atoms. The highest BCUT2D eigenvalue weighted by Crippen LogP contribution is 2.48. The van der Waals surface area contributed by atoms with E-state index in [4.69, 9.17) is 33.2 Å². The number of benzene rings is 3. The van der Waals surface area contributed by atoms with Gasteiger partial charge in [0.05, 0.1) is 40.6 Å². The third kappa shape index (κ3) is 7.19. The maximum absolute atomic E-state index is 12.9. The number of aliphatic hydroxyl groups excluding tert-OH is 4. The van der Waals surface area contributed by atoms with Gasteiger partial charge in [-0.25, -0.2) is 4.79 Å². The van der Waals surface area contributed by atoms with E-state index >= 15 is 0 Å². The molecule has 3 aromatic carbocycles. The van der Waals surface area contributed by atoms with Gasteiger partial charge in [0.2, 0.25) is 5.75 Å². The molecule has 1 aliphatic carbocycles. The molecule has 2 aliphatic rings. The van der Waals surface area contributed by atoms with E-state index in [1.54, 1.807) is 24.3 Å². The molecule has 0 amide bonds. The second-order valence-electron chi connectivity index (χ2n) is 12.1. The molecule has 1 aliphatic heterocycles. The molecular weight excluding hydrogens is 660 g/mol. The molecular formula is C35H42O15. The van der Waals surface area contributed by atoms with Crippen molar-refractivity contribution in [3.05, 3.63) is 64.7 Å². The van der Waals surface area contributed by atoms with Crippen LogP contribution in [0.5, 0.6) is 40.2 Å². The molecule has 0 radical (unpaired) electrons. The number of esters is 1. The van der Waals surface area contributed by atoms with Crippen molar-refractivity contribution in [2.45, 2.75) is 43.0 Å². The van der Waals surface area contributed by atoms with Gasteiger partial charge in [-0.1, -0.05) is 6.07 Å². The van der Waals surface area contributed by atoms with E-state index in [1.807, 2.05) is 0 Å². The molecule has 0 unspecified atom stereocenters. The van der Waals surface area contributed by atoms with E-state index in [0.717, 1.165) is 5.56 Å². The van der Waals surface area contributed by atoms with Crippen LogP contribution in [0, 0.1) is 11.8 Å². The van der Waals surface area contributed by atoms with Gasteiger partial charge >= 0.3 is 5.97 Å². The normalized spacial score (nSPS) is 26.1. The van der Waals surface area contributed by atoms with Crippen molar-refractivity contribution >= 4 is 5.97 Å². The predicted molar refractivity (Wildman–Crippen MR) is 173 cm³/mol. The summed E-state index contributed by atoms with van der Waals surface area (Å²) in [6.45, 7) is -0.957. The van der Waals surface area contributed by atoms with Crippen LogP contribution < -0.4 is 18.9 Å². The molecule has 0 saturated carbocycles. The largest absolute Gasteiger partial charge is 0.504 e. The number of carbonyl (C=O) groups is 1. The average Bonchev–Trinajstić information content (AvgIpc) is 3.12. The van der Waals surface area contributed by atoms with Gasteiger partial charge in [0.15, 0.2) is 40.8 Å². The summed E-state index contributed by atoms with van der Waals surface area (Å²) >= 11 is 0. The molecule has 1 saturated heterocycles. The van der Waals surface area contributed by atoms with Gasteiger partial charge in [0.1, 0.15) is 31.0 Å². The minimum Gasteiger partial charge on any atom is -0.504 e. The van der Waals surface area contributed by atoms with E-state index in [9.17, 15) is 40.5 Å². The Kier molecular flexibility index (Phi) is 11.5. The fourth-order valence-electron chi connectivity index (χ4n) is 6.59. The Hall–Kier alpha value is -4.51. The van der Waals surface area contributed by atoms with Crippen LogP contribution in [0.25, 0.3) is 0 Å². The zero-order chi connectivity index (χ0) is 36.3. The van der Waals surface area contributed by atoms with E-state index in [2.05, 4.69) is 0 Å². The molecule has 3 aromatic rings. The number of methoxy groups -OCH3 is 4. The Balaban J connectivity index is 1.38. The van der Waals surface area contributed by atoms with Crippen molar-refractivity contribution < 1.29 is 73.7 Å². The smallest absolute Gasteiger partial charge is 0.338 e. The van der Waals surface area contributed by atoms with Gasteiger partial charge in [-0.2, -0.15) is 0 Å². The first kappa shape index (κ1) is 36.8. The van der Waals surface area contributed by atoms with Crippen LogP contribution in [-0.2, 0) is 20.6 Å². The van der Waals surface area contributed by atoms with Crippen molar-refractivity contribution in [1.82, 2.24) is 0 Å². The van der Waals surface area contributed by atoms with Crippen LogP contribution in [0.3, 0.4) is 0 Å². The SMILES string of the molecule is COc1cc([C@H]2c3cc(O)c(OC)cc3C[C@@H](CO)[C@@H]2CO[C@@H]2O[C@H](COC(=O)c3cc(OC)c(O)c(OC)c3)[C@@H](O)[C@H](O)[C@H]2O)ccc1O. The van der Waals surface area contributed by atoms with Gasteiger partial charge in [0.25, 0.3) is 0 Å². The fourth-order valence-corrected chi connectivity index (χ4v) is 6.59. The van der Waals surface area contributed by atoms with Gasteiger partial charge in [-0.15, -0.1) is 0 Å². The molecule has 7 N–H and O–H groups in total. The highest BCUT2D eigenvalue weighted by atomic mass is 16.7. The summed E-state index contributed by atoms with van der Waals surface area (Å²) in [6, 6.07) is 10.6. The Morgan fingerprint density at radius 3 is 2.04 bits per heavy atom. The number of fused-ring (bicyclic) bond motifs is 1. The number of hydrogen-bond donors (Lipinski definition) is 7. The van der Waals surface area contributed by atoms with Crippen molar-refractivity contribution in [1.29, 1.82) is 0 Å². The maximum Gasteiger partial charge on any atom is 0.338 e. The first-order valence-electron chi connectivity index (χ1n) is 15.8. The van der Waals surface area contributed by atoms with E-state index in [1.165, 1.54) is 46.6 Å². The minimum absolute atomic E-state index is 0.0385. The molecule has 1 heterocycles. The van der Waals surface area contributed by atoms with Crippen LogP contribution in [0.2, 0.25) is 0 Å². The second-order valence-corrected chi connectivity index (χ2v) is 12.1. The second kappa shape index (κ2) is 15.6. The number of aliphatic hydroxyl groups is 4. The number of phenols is 3. The summed E-state index contributed by atoms with van der Waals surface area (Å²) in [4.78, 5) is 12.9. The number of ether oxygens (including phenoxy) is 7. The van der Waals surface area contributed by atoms with E-state index in [0.29, 0.717) is 17.5 Å². The number of aromatic hydroxyl groups is 3. The van der Waals surface area contributed by atoms with Crippen molar-refractivity contribution in [2.75, 3.05) is 48.3 Å². The molecule has 272 valence electrons. The standard InChI is InChI=1S/C35H42O15/c1-44-24-8-16(5-6-22(24)37)29-20-12-23(38)25(45-2)9-17(20)7-19(13-36)21(29)14-49-35-33(42)32(41)31(40)28(50-35)15-48-34(43)18-10-26(46-3)30(39)27(11-18)47-4/h5-6,8-12,19,21,28-29,31-33,35-42H,7,13-15H2,1-4H3/t19-,21-,28+,29-,31+,32-,33+,35+/m0/s1. The molecule has 8 atom stereocenters. The summed E-state index contributed by atoms with van der Waals surface area (Å²) in [5.41, 5.74) is 2.15. The molecule has 0 spiro atoms. The molecule has 15 nitrogen and oxygen atoms in total. The van der Waals surface area contributed by atoms with Gasteiger partial charge < -0.3 is 68.9 Å². The average molecular weight is 703 g/mol. The van der Waals surface area contributed by atoms with Gasteiger partial charge in [0, 0.05) is 12.5 Å². The highest BCUT2D eigenvalue weighted by molar-refractivity contribution is 5.91. The molecule has 5 rings (SSSR count). The maximum atomic E-state index is 12.9. The summed E-state index contributed by atoms with van der Waals surface area (Å²) in [7, 11) is 5.43. The van der Waals surface area contributed by atoms with Gasteiger partial charge in [-0.3, -0.25) is 0 Å². The third-order valence-electron chi connectivity index (χ3n) is 9.30. The molecule has 1 fully saturated rings. The van der Waals surface area contributed by atoms with Crippen LogP contribution in [-0.4, -0.2) is 121 Å². The summed E-state index contributed by atoms with van der Waals surface area (Å²) in [5.74, 6) is -2.45. The number of phenolic OH excluding ortho intramolecular Hbond substituents is 3. The first-order valence-corrected chi connectivity index (χ1v) is 15.8. The van der Waals surface area contributed by atoms with E-state index in [-0.39, 0.29) is 59.0 Å². The fraction of sp³-hybridized carbons (Fsp3) is 0.457. The summed E-state index contributed by atoms with van der Waals surface area (Å²) < 4.78 is 38.1. The Morgan fingerprint density at radius 2 is 1.42 bits per heavy atom. The van der Waals surface area contributed by atoms with Crippen LogP contribution >= 0.6 is 0 Å². The topological polar surface area (TPSA) is 223 Å². The monoisotopic (exact) mass is 702 g/mol. The minimum atomic E-state index is -1.74. The zero-order valence-corrected chi connectivity index (χ0v) is 27.9. The first-order chi connectivity index (χ1) is 23.9. The number of rotatable bonds is 12. The van der Waals surface area contributed by atoms with Crippen LogP contribution in [0.15, 0.2) is 42.5 Å². The zero-order valence-electron chi connectivity index (χ0n) is 27.9. The summed E-state index contributed by atoms with van der Waals surface area (Å²) in [5, 5.41) is 74.0. The van der Waals surface area contributed by atoms with Gasteiger partial charge in [-0.05, 0) is 71.3 Å². The molecule has 50 heavy (non-hydrogen) atoms. The lowest BCUT2D eigenvalue weighted by Gasteiger charge is -2.43. The van der Waals surface area contributed by atoms with E-state index < -0.39 is 61.0 Å². The molecule has 15 heteroatoms.